The highest BCUT2D eigenvalue weighted by Crippen LogP contribution is 2.39. The van der Waals surface area contributed by atoms with Gasteiger partial charge in [-0.05, 0) is 24.6 Å². The number of nitrogens with zero attached hydrogens (tertiary/aromatic N) is 1. The van der Waals surface area contributed by atoms with E-state index in [0.29, 0.717) is 29.8 Å². The van der Waals surface area contributed by atoms with Crippen LogP contribution < -0.4 is 4.74 Å². The Morgan fingerprint density at radius 3 is 2.37 bits per heavy atom. The lowest BCUT2D eigenvalue weighted by Gasteiger charge is -2.24. The van der Waals surface area contributed by atoms with Crippen LogP contribution in [-0.2, 0) is 9.59 Å². The molecule has 1 aliphatic heterocycles. The Bertz CT molecular complexity index is 862. The lowest BCUT2D eigenvalue weighted by molar-refractivity contribution is -0.139. The number of amides is 1. The smallest absolute Gasteiger partial charge is 0.295 e. The van der Waals surface area contributed by atoms with Gasteiger partial charge in [-0.1, -0.05) is 58.4 Å². The minimum Gasteiger partial charge on any atom is -0.507 e. The molecule has 1 atom stereocenters. The van der Waals surface area contributed by atoms with Gasteiger partial charge in [-0.25, -0.2) is 0 Å². The molecule has 2 aromatic carbocycles. The average Bonchev–Trinajstić information content (AvgIpc) is 2.94. The maximum atomic E-state index is 12.7. The van der Waals surface area contributed by atoms with Crippen molar-refractivity contribution >= 4 is 33.4 Å². The highest BCUT2D eigenvalue weighted by Gasteiger charge is 2.45. The molecule has 1 heterocycles. The molecule has 2 aromatic rings. The third-order valence-electron chi connectivity index (χ3n) is 4.42. The fourth-order valence-corrected chi connectivity index (χ4v) is 3.59. The van der Waals surface area contributed by atoms with Crippen LogP contribution in [0.3, 0.4) is 0 Å². The molecule has 0 unspecified atom stereocenters. The molecule has 0 aromatic heterocycles. The molecule has 0 spiro atoms. The van der Waals surface area contributed by atoms with E-state index in [0.717, 1.165) is 5.56 Å². The van der Waals surface area contributed by atoms with E-state index in [1.54, 1.807) is 36.4 Å². The van der Waals surface area contributed by atoms with Gasteiger partial charge in [-0.15, -0.1) is 0 Å². The first-order chi connectivity index (χ1) is 13.1. The van der Waals surface area contributed by atoms with E-state index in [-0.39, 0.29) is 11.3 Å². The van der Waals surface area contributed by atoms with Crippen molar-refractivity contribution in [2.24, 2.45) is 0 Å². The van der Waals surface area contributed by atoms with Crippen LogP contribution in [0.1, 0.15) is 24.1 Å². The lowest BCUT2D eigenvalue weighted by Crippen LogP contribution is -2.31. The number of hydrogen-bond acceptors (Lipinski definition) is 4. The number of benzene rings is 2. The van der Waals surface area contributed by atoms with E-state index >= 15 is 0 Å². The second-order valence-electron chi connectivity index (χ2n) is 6.05. The first-order valence-corrected chi connectivity index (χ1v) is 9.83. The monoisotopic (exact) mass is 429 g/mol. The van der Waals surface area contributed by atoms with Gasteiger partial charge in [0.05, 0.1) is 18.2 Å². The van der Waals surface area contributed by atoms with Crippen molar-refractivity contribution < 1.29 is 19.4 Å². The van der Waals surface area contributed by atoms with Gasteiger partial charge in [0.15, 0.2) is 0 Å². The normalized spacial score (nSPS) is 18.7. The Labute approximate surface area is 166 Å². The summed E-state index contributed by atoms with van der Waals surface area (Å²) in [6.45, 7) is 2.81. The minimum absolute atomic E-state index is 0.108. The zero-order chi connectivity index (χ0) is 19.4. The van der Waals surface area contributed by atoms with E-state index < -0.39 is 17.7 Å². The summed E-state index contributed by atoms with van der Waals surface area (Å²) in [7, 11) is 0. The second kappa shape index (κ2) is 8.39. The Hall–Kier alpha value is -2.60. The molecule has 1 amide bonds. The number of aliphatic hydroxyl groups excluding tert-OH is 1. The largest absolute Gasteiger partial charge is 0.507 e. The Kier molecular flexibility index (Phi) is 5.96. The highest BCUT2D eigenvalue weighted by molar-refractivity contribution is 9.09. The Balaban J connectivity index is 2.11. The quantitative estimate of drug-likeness (QED) is 0.327. The summed E-state index contributed by atoms with van der Waals surface area (Å²) < 4.78 is 5.47. The van der Waals surface area contributed by atoms with Gasteiger partial charge < -0.3 is 14.7 Å². The molecule has 5 nitrogen and oxygen atoms in total. The van der Waals surface area contributed by atoms with E-state index in [1.165, 1.54) is 4.90 Å². The summed E-state index contributed by atoms with van der Waals surface area (Å²) >= 11 is 3.34. The molecule has 140 valence electrons. The molecule has 0 bridgehead atoms. The molecular formula is C21H20BrNO4. The van der Waals surface area contributed by atoms with Crippen LogP contribution in [-0.4, -0.2) is 40.2 Å². The minimum atomic E-state index is -0.670. The molecule has 1 saturated heterocycles. The molecule has 1 aliphatic rings. The third kappa shape index (κ3) is 3.76. The van der Waals surface area contributed by atoms with Gasteiger partial charge in [0.2, 0.25) is 0 Å². The summed E-state index contributed by atoms with van der Waals surface area (Å²) in [5.74, 6) is -0.728. The first-order valence-electron chi connectivity index (χ1n) is 8.71. The first kappa shape index (κ1) is 19.2. The Morgan fingerprint density at radius 2 is 1.78 bits per heavy atom. The summed E-state index contributed by atoms with van der Waals surface area (Å²) in [5.41, 5.74) is 1.36. The van der Waals surface area contributed by atoms with Crippen LogP contribution in [0, 0.1) is 0 Å². The molecule has 0 radical (unpaired) electrons. The molecule has 3 rings (SSSR count). The van der Waals surface area contributed by atoms with Crippen molar-refractivity contribution in [2.75, 3.05) is 18.5 Å². The molecule has 27 heavy (non-hydrogen) atoms. The number of ether oxygens (including phenoxy) is 1. The van der Waals surface area contributed by atoms with Crippen molar-refractivity contribution in [3.05, 3.63) is 71.3 Å². The molecule has 0 saturated carbocycles. The zero-order valence-corrected chi connectivity index (χ0v) is 16.5. The predicted octanol–water partition coefficient (Wildman–Crippen LogP) is 3.90. The fourth-order valence-electron chi connectivity index (χ4n) is 3.21. The lowest BCUT2D eigenvalue weighted by atomic mass is 9.95. The third-order valence-corrected chi connectivity index (χ3v) is 4.77. The molecule has 1 N–H and O–H groups in total. The summed E-state index contributed by atoms with van der Waals surface area (Å²) in [5, 5.41) is 11.3. The predicted molar refractivity (Wildman–Crippen MR) is 107 cm³/mol. The van der Waals surface area contributed by atoms with Crippen molar-refractivity contribution in [1.82, 2.24) is 4.90 Å². The van der Waals surface area contributed by atoms with E-state index in [1.807, 2.05) is 25.1 Å². The zero-order valence-electron chi connectivity index (χ0n) is 14.9. The number of hydrogen-bond donors (Lipinski definition) is 1. The highest BCUT2D eigenvalue weighted by atomic mass is 79.9. The number of halogens is 1. The van der Waals surface area contributed by atoms with Crippen LogP contribution in [0.15, 0.2) is 60.2 Å². The number of alkyl halides is 1. The number of ketones is 1. The van der Waals surface area contributed by atoms with Crippen LogP contribution in [0.2, 0.25) is 0 Å². The molecule has 0 aliphatic carbocycles. The van der Waals surface area contributed by atoms with Crippen LogP contribution in [0.5, 0.6) is 5.75 Å². The van der Waals surface area contributed by atoms with Gasteiger partial charge in [0.25, 0.3) is 11.7 Å². The maximum absolute atomic E-state index is 12.7. The van der Waals surface area contributed by atoms with Gasteiger partial charge in [0, 0.05) is 17.4 Å². The number of carbonyl (C=O) groups excluding carboxylic acids is 2. The number of Topliss-reactive ketones (excluding diaryl/α,β-unsaturated/α-hetero) is 1. The maximum Gasteiger partial charge on any atom is 0.295 e. The van der Waals surface area contributed by atoms with Crippen molar-refractivity contribution in [2.45, 2.75) is 13.0 Å². The van der Waals surface area contributed by atoms with E-state index in [2.05, 4.69) is 15.9 Å². The van der Waals surface area contributed by atoms with E-state index in [4.69, 9.17) is 4.74 Å². The molecular weight excluding hydrogens is 410 g/mol. The standard InChI is InChI=1S/C21H20BrNO4/c1-2-27-16-10-8-14(9-11-16)18-17(19(24)15-6-4-3-5-7-15)20(25)21(26)23(18)13-12-22/h3-11,18,24H,2,12-13H2,1H3/t18-/m0/s1. The number of aliphatic hydroxyl groups is 1. The number of likely N-dealkylation sites (tertiary alicyclic amines) is 1. The second-order valence-corrected chi connectivity index (χ2v) is 6.84. The van der Waals surface area contributed by atoms with Crippen LogP contribution in [0.4, 0.5) is 0 Å². The molecule has 1 fully saturated rings. The van der Waals surface area contributed by atoms with E-state index in [9.17, 15) is 14.7 Å². The van der Waals surface area contributed by atoms with Crippen LogP contribution >= 0.6 is 15.9 Å². The SMILES string of the molecule is CCOc1ccc([C@H]2C(=C(O)c3ccccc3)C(=O)C(=O)N2CCBr)cc1. The average molecular weight is 430 g/mol. The number of rotatable bonds is 6. The van der Waals surface area contributed by atoms with Gasteiger partial charge >= 0.3 is 0 Å². The van der Waals surface area contributed by atoms with Crippen LogP contribution in [0.25, 0.3) is 5.76 Å². The molecule has 6 heteroatoms. The van der Waals surface area contributed by atoms with Gasteiger partial charge in [0.1, 0.15) is 11.5 Å². The van der Waals surface area contributed by atoms with Crippen molar-refractivity contribution in [3.8, 4) is 5.75 Å². The van der Waals surface area contributed by atoms with Crippen molar-refractivity contribution in [1.29, 1.82) is 0 Å². The van der Waals surface area contributed by atoms with Gasteiger partial charge in [-0.2, -0.15) is 0 Å². The van der Waals surface area contributed by atoms with Gasteiger partial charge in [-0.3, -0.25) is 9.59 Å². The topological polar surface area (TPSA) is 66.8 Å². The Morgan fingerprint density at radius 1 is 1.11 bits per heavy atom. The van der Waals surface area contributed by atoms with Crippen molar-refractivity contribution in [3.63, 3.8) is 0 Å². The summed E-state index contributed by atoms with van der Waals surface area (Å²) in [4.78, 5) is 26.8. The number of carbonyl (C=O) groups is 2. The fraction of sp³-hybridized carbons (Fsp3) is 0.238. The summed E-state index contributed by atoms with van der Waals surface area (Å²) in [6, 6.07) is 15.4. The summed E-state index contributed by atoms with van der Waals surface area (Å²) in [6.07, 6.45) is 0.